The fourth-order valence-corrected chi connectivity index (χ4v) is 4.06. The molecule has 1 heterocycles. The molecule has 0 bridgehead atoms. The molecule has 0 saturated heterocycles. The lowest BCUT2D eigenvalue weighted by Gasteiger charge is -2.28. The predicted molar refractivity (Wildman–Crippen MR) is 127 cm³/mol. The Morgan fingerprint density at radius 3 is 2.61 bits per heavy atom. The maximum Gasteiger partial charge on any atom is 0.191 e. The molecule has 1 saturated carbocycles. The number of benzene rings is 1. The average molecular weight is 495 g/mol. The molecule has 0 amide bonds. The second kappa shape index (κ2) is 10.8. The quantitative estimate of drug-likeness (QED) is 0.338. The van der Waals surface area contributed by atoms with Crippen molar-refractivity contribution in [2.24, 2.45) is 10.4 Å². The van der Waals surface area contributed by atoms with Crippen LogP contribution in [0.4, 0.5) is 0 Å². The molecule has 2 N–H and O–H groups in total. The van der Waals surface area contributed by atoms with Gasteiger partial charge in [-0.2, -0.15) is 0 Å². The normalized spacial score (nSPS) is 15.9. The zero-order chi connectivity index (χ0) is 19.1. The number of aromatic nitrogens is 2. The van der Waals surface area contributed by atoms with Gasteiger partial charge in [-0.25, -0.2) is 4.98 Å². The highest BCUT2D eigenvalue weighted by molar-refractivity contribution is 14.0. The van der Waals surface area contributed by atoms with Crippen LogP contribution >= 0.6 is 24.0 Å². The van der Waals surface area contributed by atoms with Gasteiger partial charge in [0.05, 0.1) is 0 Å². The van der Waals surface area contributed by atoms with Gasteiger partial charge in [-0.3, -0.25) is 4.99 Å². The summed E-state index contributed by atoms with van der Waals surface area (Å²) in [5.41, 5.74) is 3.01. The van der Waals surface area contributed by atoms with Crippen molar-refractivity contribution in [2.75, 3.05) is 13.6 Å². The van der Waals surface area contributed by atoms with Gasteiger partial charge in [0.2, 0.25) is 0 Å². The summed E-state index contributed by atoms with van der Waals surface area (Å²) in [6, 6.07) is 8.71. The Bertz CT molecular complexity index is 762. The third kappa shape index (κ3) is 5.96. The summed E-state index contributed by atoms with van der Waals surface area (Å²) in [7, 11) is 1.85. The number of aryl methyl sites for hydroxylation is 1. The first-order valence-electron chi connectivity index (χ1n) is 10.1. The van der Waals surface area contributed by atoms with Gasteiger partial charge < -0.3 is 15.2 Å². The van der Waals surface area contributed by atoms with Crippen molar-refractivity contribution < 1.29 is 0 Å². The van der Waals surface area contributed by atoms with Crippen LogP contribution in [0.25, 0.3) is 0 Å². The summed E-state index contributed by atoms with van der Waals surface area (Å²) in [5, 5.41) is 7.03. The number of aliphatic imine (C=N–C) groups is 1. The molecule has 0 radical (unpaired) electrons. The van der Waals surface area contributed by atoms with Crippen molar-refractivity contribution in [3.8, 4) is 0 Å². The van der Waals surface area contributed by atoms with Crippen LogP contribution in [0.2, 0.25) is 0 Å². The minimum absolute atomic E-state index is 0. The van der Waals surface area contributed by atoms with E-state index in [1.807, 2.05) is 26.4 Å². The van der Waals surface area contributed by atoms with Gasteiger partial charge >= 0.3 is 0 Å². The minimum atomic E-state index is 0. The minimum Gasteiger partial charge on any atom is -0.356 e. The monoisotopic (exact) mass is 495 g/mol. The average Bonchev–Trinajstić information content (AvgIpc) is 3.32. The zero-order valence-electron chi connectivity index (χ0n) is 17.4. The van der Waals surface area contributed by atoms with Gasteiger partial charge in [-0.1, -0.05) is 44.0 Å². The largest absolute Gasteiger partial charge is 0.356 e. The summed E-state index contributed by atoms with van der Waals surface area (Å²) in [6.07, 6.45) is 10.5. The lowest BCUT2D eigenvalue weighted by atomic mass is 9.83. The van der Waals surface area contributed by atoms with Crippen molar-refractivity contribution in [2.45, 2.75) is 59.0 Å². The number of guanidine groups is 1. The van der Waals surface area contributed by atoms with Crippen LogP contribution in [0.1, 0.15) is 56.0 Å². The molecular weight excluding hydrogens is 461 g/mol. The van der Waals surface area contributed by atoms with Crippen LogP contribution < -0.4 is 10.6 Å². The molecule has 6 heteroatoms. The zero-order valence-corrected chi connectivity index (χ0v) is 19.7. The van der Waals surface area contributed by atoms with Crippen molar-refractivity contribution in [3.05, 3.63) is 53.6 Å². The maximum absolute atomic E-state index is 4.41. The first-order chi connectivity index (χ1) is 13.1. The first kappa shape index (κ1) is 22.7. The summed E-state index contributed by atoms with van der Waals surface area (Å²) < 4.78 is 2.17. The molecule has 28 heavy (non-hydrogen) atoms. The molecule has 0 spiro atoms. The number of rotatable bonds is 7. The first-order valence-corrected chi connectivity index (χ1v) is 10.1. The molecule has 1 aromatic carbocycles. The van der Waals surface area contributed by atoms with Gasteiger partial charge in [0.25, 0.3) is 0 Å². The Kier molecular flexibility index (Phi) is 8.79. The molecule has 1 aliphatic rings. The fourth-order valence-electron chi connectivity index (χ4n) is 4.06. The van der Waals surface area contributed by atoms with E-state index in [1.165, 1.54) is 43.2 Å². The van der Waals surface area contributed by atoms with Crippen molar-refractivity contribution in [1.82, 2.24) is 20.2 Å². The van der Waals surface area contributed by atoms with Crippen LogP contribution in [0.15, 0.2) is 41.7 Å². The lowest BCUT2D eigenvalue weighted by Crippen LogP contribution is -2.42. The van der Waals surface area contributed by atoms with E-state index < -0.39 is 0 Å². The SMILES string of the molecule is CCC1(CNC(=NC)NCc2cccc(Cn3ccnc3C)c2)CCCC1.I. The highest BCUT2D eigenvalue weighted by atomic mass is 127. The maximum atomic E-state index is 4.41. The van der Waals surface area contributed by atoms with E-state index in [1.54, 1.807) is 0 Å². The van der Waals surface area contributed by atoms with E-state index in [4.69, 9.17) is 0 Å². The second-order valence-corrected chi connectivity index (χ2v) is 7.76. The standard InChI is InChI=1S/C22H33N5.HI/c1-4-22(10-5-6-11-22)17-26-21(23-3)25-15-19-8-7-9-20(14-19)16-27-13-12-24-18(27)2;/h7-9,12-14H,4-6,10-11,15-17H2,1-3H3,(H2,23,25,26);1H. The molecular formula is C22H34IN5. The van der Waals surface area contributed by atoms with Gasteiger partial charge in [-0.05, 0) is 42.7 Å². The van der Waals surface area contributed by atoms with Gasteiger partial charge in [0.15, 0.2) is 5.96 Å². The number of nitrogens with zero attached hydrogens (tertiary/aromatic N) is 3. The highest BCUT2D eigenvalue weighted by Gasteiger charge is 2.31. The van der Waals surface area contributed by atoms with Crippen molar-refractivity contribution >= 4 is 29.9 Å². The number of imidazole rings is 1. The van der Waals surface area contributed by atoms with Crippen LogP contribution in [0.3, 0.4) is 0 Å². The highest BCUT2D eigenvalue weighted by Crippen LogP contribution is 2.40. The molecule has 0 unspecified atom stereocenters. The van der Waals surface area contributed by atoms with E-state index in [-0.39, 0.29) is 24.0 Å². The number of hydrogen-bond acceptors (Lipinski definition) is 2. The molecule has 2 aromatic rings. The molecule has 0 atom stereocenters. The van der Waals surface area contributed by atoms with Gasteiger partial charge in [0.1, 0.15) is 5.82 Å². The molecule has 5 nitrogen and oxygen atoms in total. The van der Waals surface area contributed by atoms with Crippen LogP contribution in [-0.2, 0) is 13.1 Å². The lowest BCUT2D eigenvalue weighted by molar-refractivity contribution is 0.283. The van der Waals surface area contributed by atoms with Crippen LogP contribution in [0, 0.1) is 12.3 Å². The van der Waals surface area contributed by atoms with E-state index in [0.717, 1.165) is 31.4 Å². The predicted octanol–water partition coefficient (Wildman–Crippen LogP) is 4.49. The van der Waals surface area contributed by atoms with Crippen molar-refractivity contribution in [1.29, 1.82) is 0 Å². The summed E-state index contributed by atoms with van der Waals surface area (Å²) in [4.78, 5) is 8.70. The topological polar surface area (TPSA) is 54.2 Å². The summed E-state index contributed by atoms with van der Waals surface area (Å²) in [5.74, 6) is 1.94. The Morgan fingerprint density at radius 2 is 1.96 bits per heavy atom. The molecule has 1 aromatic heterocycles. The molecule has 154 valence electrons. The van der Waals surface area contributed by atoms with Crippen LogP contribution in [-0.4, -0.2) is 29.1 Å². The van der Waals surface area contributed by atoms with E-state index in [2.05, 4.69) is 56.4 Å². The third-order valence-corrected chi connectivity index (χ3v) is 6.00. The third-order valence-electron chi connectivity index (χ3n) is 6.00. The van der Waals surface area contributed by atoms with Gasteiger partial charge in [-0.15, -0.1) is 24.0 Å². The van der Waals surface area contributed by atoms with Crippen molar-refractivity contribution in [3.63, 3.8) is 0 Å². The Morgan fingerprint density at radius 1 is 1.21 bits per heavy atom. The molecule has 1 aliphatic carbocycles. The van der Waals surface area contributed by atoms with E-state index in [9.17, 15) is 0 Å². The Balaban J connectivity index is 0.00000280. The summed E-state index contributed by atoms with van der Waals surface area (Å²) >= 11 is 0. The molecule has 3 rings (SSSR count). The van der Waals surface area contributed by atoms with E-state index in [0.29, 0.717) is 5.41 Å². The molecule has 0 aliphatic heterocycles. The molecule has 1 fully saturated rings. The van der Waals surface area contributed by atoms with Gasteiger partial charge in [0, 0.05) is 39.1 Å². The number of halogens is 1. The second-order valence-electron chi connectivity index (χ2n) is 7.76. The van der Waals surface area contributed by atoms with Crippen LogP contribution in [0.5, 0.6) is 0 Å². The smallest absolute Gasteiger partial charge is 0.191 e. The Hall–Kier alpha value is -1.57. The fraction of sp³-hybridized carbons (Fsp3) is 0.545. The van der Waals surface area contributed by atoms with E-state index >= 15 is 0 Å². The Labute approximate surface area is 186 Å². The summed E-state index contributed by atoms with van der Waals surface area (Å²) in [6.45, 7) is 7.00. The number of hydrogen-bond donors (Lipinski definition) is 2. The number of nitrogens with one attached hydrogen (secondary N) is 2.